The van der Waals surface area contributed by atoms with Crippen molar-refractivity contribution in [3.63, 3.8) is 0 Å². The van der Waals surface area contributed by atoms with Gasteiger partial charge in [0.05, 0.1) is 0 Å². The van der Waals surface area contributed by atoms with Crippen LogP contribution in [0, 0.1) is 6.92 Å². The SMILES string of the molecule is Cc1cc2c(s1)=Cc1ccccc1NC=2N1CCNC(CCO)C1. The molecule has 1 unspecified atom stereocenters. The van der Waals surface area contributed by atoms with Crippen LogP contribution in [0.3, 0.4) is 0 Å². The van der Waals surface area contributed by atoms with Gasteiger partial charge in [0, 0.05) is 52.6 Å². The van der Waals surface area contributed by atoms with E-state index in [4.69, 9.17) is 0 Å². The van der Waals surface area contributed by atoms with E-state index in [1.807, 2.05) is 11.3 Å². The number of fused-ring (bicyclic) bond motifs is 2. The average molecular weight is 341 g/mol. The highest BCUT2D eigenvalue weighted by Gasteiger charge is 2.23. The monoisotopic (exact) mass is 341 g/mol. The van der Waals surface area contributed by atoms with Crippen molar-refractivity contribution in [1.29, 1.82) is 0 Å². The van der Waals surface area contributed by atoms with Crippen molar-refractivity contribution in [1.82, 2.24) is 10.2 Å². The van der Waals surface area contributed by atoms with E-state index in [1.165, 1.54) is 26.0 Å². The molecule has 4 rings (SSSR count). The van der Waals surface area contributed by atoms with Crippen molar-refractivity contribution in [3.05, 3.63) is 50.5 Å². The lowest BCUT2D eigenvalue weighted by Gasteiger charge is -2.36. The van der Waals surface area contributed by atoms with Crippen LogP contribution in [0.5, 0.6) is 0 Å². The number of para-hydroxylation sites is 1. The smallest absolute Gasteiger partial charge is 0.115 e. The summed E-state index contributed by atoms with van der Waals surface area (Å²) < 4.78 is 1.32. The van der Waals surface area contributed by atoms with Gasteiger partial charge in [-0.15, -0.1) is 11.3 Å². The largest absolute Gasteiger partial charge is 0.396 e. The summed E-state index contributed by atoms with van der Waals surface area (Å²) in [6.45, 7) is 5.23. The molecule has 0 bridgehead atoms. The van der Waals surface area contributed by atoms with Gasteiger partial charge in [0.1, 0.15) is 5.82 Å². The highest BCUT2D eigenvalue weighted by atomic mass is 32.1. The number of thiophene rings is 1. The van der Waals surface area contributed by atoms with Crippen LogP contribution in [0.1, 0.15) is 16.9 Å². The van der Waals surface area contributed by atoms with E-state index in [0.29, 0.717) is 6.04 Å². The maximum Gasteiger partial charge on any atom is 0.115 e. The first-order valence-corrected chi connectivity index (χ1v) is 9.34. The predicted octanol–water partition coefficient (Wildman–Crippen LogP) is 1.03. The molecule has 1 fully saturated rings. The van der Waals surface area contributed by atoms with Crippen LogP contribution in [0.4, 0.5) is 5.69 Å². The van der Waals surface area contributed by atoms with Crippen LogP contribution >= 0.6 is 11.3 Å². The summed E-state index contributed by atoms with van der Waals surface area (Å²) in [6, 6.07) is 11.1. The fourth-order valence-electron chi connectivity index (χ4n) is 3.52. The Kier molecular flexibility index (Phi) is 4.31. The molecule has 0 amide bonds. The maximum absolute atomic E-state index is 9.27. The Balaban J connectivity index is 1.80. The van der Waals surface area contributed by atoms with Gasteiger partial charge in [-0.2, -0.15) is 0 Å². The Morgan fingerprint density at radius 3 is 3.08 bits per heavy atom. The van der Waals surface area contributed by atoms with Gasteiger partial charge in [-0.05, 0) is 37.1 Å². The van der Waals surface area contributed by atoms with Crippen LogP contribution in [-0.2, 0) is 0 Å². The van der Waals surface area contributed by atoms with E-state index in [2.05, 4.69) is 58.9 Å². The van der Waals surface area contributed by atoms with Crippen LogP contribution in [0.2, 0.25) is 0 Å². The minimum absolute atomic E-state index is 0.230. The third kappa shape index (κ3) is 2.95. The second kappa shape index (κ2) is 6.59. The molecule has 1 aromatic heterocycles. The highest BCUT2D eigenvalue weighted by Crippen LogP contribution is 2.22. The molecule has 5 heteroatoms. The van der Waals surface area contributed by atoms with E-state index in [1.54, 1.807) is 0 Å². The quantitative estimate of drug-likeness (QED) is 0.781. The van der Waals surface area contributed by atoms with Gasteiger partial charge in [0.15, 0.2) is 0 Å². The van der Waals surface area contributed by atoms with Gasteiger partial charge in [0.25, 0.3) is 0 Å². The van der Waals surface area contributed by atoms with Gasteiger partial charge >= 0.3 is 0 Å². The molecular formula is C19H23N3OS. The zero-order valence-electron chi connectivity index (χ0n) is 13.9. The van der Waals surface area contributed by atoms with Crippen molar-refractivity contribution in [2.45, 2.75) is 19.4 Å². The summed E-state index contributed by atoms with van der Waals surface area (Å²) in [4.78, 5) is 3.76. The zero-order valence-corrected chi connectivity index (χ0v) is 14.7. The number of hydrogen-bond donors (Lipinski definition) is 3. The molecule has 126 valence electrons. The van der Waals surface area contributed by atoms with Gasteiger partial charge in [0.2, 0.25) is 0 Å². The van der Waals surface area contributed by atoms with Crippen molar-refractivity contribution in [2.75, 3.05) is 31.6 Å². The molecule has 4 nitrogen and oxygen atoms in total. The molecule has 2 aliphatic heterocycles. The van der Waals surface area contributed by atoms with Crippen molar-refractivity contribution >= 4 is 28.9 Å². The number of aliphatic hydroxyl groups excluding tert-OH is 1. The number of anilines is 1. The summed E-state index contributed by atoms with van der Waals surface area (Å²) in [5, 5.41) is 17.8. The van der Waals surface area contributed by atoms with Crippen LogP contribution in [0.25, 0.3) is 11.9 Å². The molecule has 24 heavy (non-hydrogen) atoms. The Bertz CT molecular complexity index is 856. The summed E-state index contributed by atoms with van der Waals surface area (Å²) in [5.74, 6) is 1.19. The van der Waals surface area contributed by atoms with E-state index in [-0.39, 0.29) is 6.61 Å². The molecular weight excluding hydrogens is 318 g/mol. The lowest BCUT2D eigenvalue weighted by molar-refractivity contribution is 0.217. The van der Waals surface area contributed by atoms with Gasteiger partial charge < -0.3 is 20.6 Å². The molecule has 1 saturated heterocycles. The summed E-state index contributed by atoms with van der Waals surface area (Å²) in [5.41, 5.74) is 2.39. The van der Waals surface area contributed by atoms with Gasteiger partial charge in [-0.25, -0.2) is 0 Å². The number of piperazine rings is 1. The molecule has 0 saturated carbocycles. The molecule has 1 aromatic carbocycles. The van der Waals surface area contributed by atoms with Crippen LogP contribution in [0.15, 0.2) is 30.3 Å². The second-order valence-corrected chi connectivity index (χ2v) is 7.74. The molecule has 0 spiro atoms. The van der Waals surface area contributed by atoms with E-state index >= 15 is 0 Å². The molecule has 1 atom stereocenters. The summed E-state index contributed by atoms with van der Waals surface area (Å²) in [7, 11) is 0. The Morgan fingerprint density at radius 1 is 1.33 bits per heavy atom. The first kappa shape index (κ1) is 15.7. The molecule has 0 aliphatic carbocycles. The fourth-order valence-corrected chi connectivity index (χ4v) is 4.50. The number of nitrogens with one attached hydrogen (secondary N) is 2. The molecule has 3 N–H and O–H groups in total. The standard InChI is InChI=1S/C19H23N3OS/c1-13-10-16-18(24-13)11-14-4-2-3-5-17(14)21-19(16)22-8-7-20-15(12-22)6-9-23/h2-5,10-11,15,20-21,23H,6-9,12H2,1H3. The Hall–Kier alpha value is -1.82. The van der Waals surface area contributed by atoms with E-state index in [9.17, 15) is 5.11 Å². The third-order valence-electron chi connectivity index (χ3n) is 4.69. The minimum Gasteiger partial charge on any atom is -0.396 e. The van der Waals surface area contributed by atoms with Crippen LogP contribution < -0.4 is 20.4 Å². The molecule has 3 heterocycles. The van der Waals surface area contributed by atoms with Crippen LogP contribution in [-0.4, -0.2) is 42.3 Å². The lowest BCUT2D eigenvalue weighted by atomic mass is 10.1. The molecule has 0 radical (unpaired) electrons. The topological polar surface area (TPSA) is 47.5 Å². The first-order chi connectivity index (χ1) is 11.7. The van der Waals surface area contributed by atoms with E-state index in [0.717, 1.165) is 31.7 Å². The van der Waals surface area contributed by atoms with Gasteiger partial charge in [-0.1, -0.05) is 18.2 Å². The normalized spacial score (nSPS) is 19.8. The summed E-state index contributed by atoms with van der Waals surface area (Å²) >= 11 is 1.85. The number of aryl methyl sites for hydroxylation is 1. The maximum atomic E-state index is 9.27. The predicted molar refractivity (Wildman–Crippen MR) is 100 cm³/mol. The number of aliphatic hydroxyl groups is 1. The average Bonchev–Trinajstić information content (AvgIpc) is 2.87. The minimum atomic E-state index is 0.230. The Morgan fingerprint density at radius 2 is 2.21 bits per heavy atom. The van der Waals surface area contributed by atoms with Crippen molar-refractivity contribution < 1.29 is 5.11 Å². The van der Waals surface area contributed by atoms with E-state index < -0.39 is 0 Å². The second-order valence-electron chi connectivity index (χ2n) is 6.45. The number of hydrogen-bond acceptors (Lipinski definition) is 5. The Labute approximate surface area is 146 Å². The molecule has 2 aromatic rings. The lowest BCUT2D eigenvalue weighted by Crippen LogP contribution is -2.52. The summed E-state index contributed by atoms with van der Waals surface area (Å²) in [6.07, 6.45) is 3.08. The highest BCUT2D eigenvalue weighted by molar-refractivity contribution is 7.09. The number of rotatable bonds is 3. The molecule has 2 aliphatic rings. The number of nitrogens with zero attached hydrogens (tertiary/aromatic N) is 1. The van der Waals surface area contributed by atoms with Crippen molar-refractivity contribution in [3.8, 4) is 0 Å². The van der Waals surface area contributed by atoms with Gasteiger partial charge in [-0.3, -0.25) is 0 Å². The fraction of sp³-hybridized carbons (Fsp3) is 0.368. The zero-order chi connectivity index (χ0) is 16.5. The number of benzene rings is 1. The van der Waals surface area contributed by atoms with Crippen molar-refractivity contribution in [2.24, 2.45) is 0 Å². The third-order valence-corrected chi connectivity index (χ3v) is 5.69. The first-order valence-electron chi connectivity index (χ1n) is 8.52.